The van der Waals surface area contributed by atoms with Crippen molar-refractivity contribution in [2.24, 2.45) is 5.92 Å². The molecule has 0 aromatic carbocycles. The number of aryl methyl sites for hydroxylation is 1. The largest absolute Gasteiger partial charge is 0.370 e. The number of rotatable bonds is 4. The SMILES string of the molecule is CCCc1cc(Cl)nc(C2(OC)CCCC(C)C2)n1. The highest BCUT2D eigenvalue weighted by molar-refractivity contribution is 6.29. The van der Waals surface area contributed by atoms with Crippen LogP contribution >= 0.6 is 11.6 Å². The van der Waals surface area contributed by atoms with Gasteiger partial charge in [-0.15, -0.1) is 0 Å². The third kappa shape index (κ3) is 3.26. The Kier molecular flexibility index (Phi) is 4.80. The molecule has 0 aliphatic heterocycles. The first-order valence-corrected chi connectivity index (χ1v) is 7.56. The summed E-state index contributed by atoms with van der Waals surface area (Å²) >= 11 is 6.15. The van der Waals surface area contributed by atoms with Gasteiger partial charge in [-0.3, -0.25) is 0 Å². The van der Waals surface area contributed by atoms with Gasteiger partial charge in [0.1, 0.15) is 10.8 Å². The van der Waals surface area contributed by atoms with Gasteiger partial charge >= 0.3 is 0 Å². The smallest absolute Gasteiger partial charge is 0.162 e. The second-order valence-electron chi connectivity index (χ2n) is 5.66. The van der Waals surface area contributed by atoms with Gasteiger partial charge in [-0.05, 0) is 37.7 Å². The Labute approximate surface area is 120 Å². The average Bonchev–Trinajstić information content (AvgIpc) is 2.38. The third-order valence-corrected chi connectivity index (χ3v) is 4.20. The summed E-state index contributed by atoms with van der Waals surface area (Å²) in [5, 5.41) is 0.531. The maximum absolute atomic E-state index is 6.15. The Balaban J connectivity index is 2.36. The average molecular weight is 283 g/mol. The minimum atomic E-state index is -0.342. The Morgan fingerprint density at radius 1 is 1.47 bits per heavy atom. The van der Waals surface area contributed by atoms with Crippen LogP contribution in [0, 0.1) is 5.92 Å². The van der Waals surface area contributed by atoms with E-state index in [2.05, 4.69) is 18.8 Å². The first-order chi connectivity index (χ1) is 9.09. The highest BCUT2D eigenvalue weighted by Gasteiger charge is 2.39. The summed E-state index contributed by atoms with van der Waals surface area (Å²) in [4.78, 5) is 9.15. The first kappa shape index (κ1) is 14.7. The summed E-state index contributed by atoms with van der Waals surface area (Å²) in [6, 6.07) is 1.87. The Morgan fingerprint density at radius 2 is 2.26 bits per heavy atom. The van der Waals surface area contributed by atoms with Crippen molar-refractivity contribution in [2.75, 3.05) is 7.11 Å². The maximum Gasteiger partial charge on any atom is 0.162 e. The Bertz CT molecular complexity index is 438. The molecule has 1 aromatic heterocycles. The lowest BCUT2D eigenvalue weighted by atomic mass is 9.78. The molecule has 19 heavy (non-hydrogen) atoms. The van der Waals surface area contributed by atoms with Gasteiger partial charge in [-0.25, -0.2) is 9.97 Å². The van der Waals surface area contributed by atoms with Crippen molar-refractivity contribution < 1.29 is 4.74 Å². The van der Waals surface area contributed by atoms with E-state index >= 15 is 0 Å². The summed E-state index contributed by atoms with van der Waals surface area (Å²) < 4.78 is 5.84. The van der Waals surface area contributed by atoms with Crippen molar-refractivity contribution in [3.05, 3.63) is 22.7 Å². The lowest BCUT2D eigenvalue weighted by molar-refractivity contribution is -0.0647. The van der Waals surface area contributed by atoms with Crippen LogP contribution in [0.3, 0.4) is 0 Å². The Hall–Kier alpha value is -0.670. The van der Waals surface area contributed by atoms with Gasteiger partial charge in [0, 0.05) is 12.8 Å². The van der Waals surface area contributed by atoms with E-state index in [0.717, 1.165) is 43.6 Å². The first-order valence-electron chi connectivity index (χ1n) is 7.18. The van der Waals surface area contributed by atoms with E-state index in [-0.39, 0.29) is 5.60 Å². The molecule has 2 unspecified atom stereocenters. The molecule has 1 fully saturated rings. The van der Waals surface area contributed by atoms with Gasteiger partial charge in [0.25, 0.3) is 0 Å². The van der Waals surface area contributed by atoms with E-state index in [9.17, 15) is 0 Å². The van der Waals surface area contributed by atoms with E-state index in [1.807, 2.05) is 6.07 Å². The molecule has 2 atom stereocenters. The second kappa shape index (κ2) is 6.19. The highest BCUT2D eigenvalue weighted by atomic mass is 35.5. The number of methoxy groups -OCH3 is 1. The predicted molar refractivity (Wildman–Crippen MR) is 77.4 cm³/mol. The van der Waals surface area contributed by atoms with Crippen LogP contribution in [0.5, 0.6) is 0 Å². The van der Waals surface area contributed by atoms with Crippen LogP contribution in [0.25, 0.3) is 0 Å². The van der Waals surface area contributed by atoms with Crippen molar-refractivity contribution >= 4 is 11.6 Å². The molecule has 1 saturated carbocycles. The zero-order chi connectivity index (χ0) is 13.9. The van der Waals surface area contributed by atoms with Crippen molar-refractivity contribution in [1.82, 2.24) is 9.97 Å². The second-order valence-corrected chi connectivity index (χ2v) is 6.04. The Morgan fingerprint density at radius 3 is 2.89 bits per heavy atom. The summed E-state index contributed by atoms with van der Waals surface area (Å²) in [6.45, 7) is 4.41. The zero-order valence-corrected chi connectivity index (χ0v) is 12.8. The van der Waals surface area contributed by atoms with Crippen molar-refractivity contribution in [2.45, 2.75) is 58.0 Å². The number of nitrogens with zero attached hydrogens (tertiary/aromatic N) is 2. The summed E-state index contributed by atoms with van der Waals surface area (Å²) in [5.74, 6) is 1.42. The highest BCUT2D eigenvalue weighted by Crippen LogP contribution is 2.41. The molecule has 0 radical (unpaired) electrons. The van der Waals surface area contributed by atoms with Crippen LogP contribution in [-0.2, 0) is 16.8 Å². The lowest BCUT2D eigenvalue weighted by Crippen LogP contribution is -2.36. The fourth-order valence-corrected chi connectivity index (χ4v) is 3.24. The van der Waals surface area contributed by atoms with Crippen molar-refractivity contribution in [3.63, 3.8) is 0 Å². The summed E-state index contributed by atoms with van der Waals surface area (Å²) in [6.07, 6.45) is 6.38. The van der Waals surface area contributed by atoms with Crippen LogP contribution in [-0.4, -0.2) is 17.1 Å². The van der Waals surface area contributed by atoms with Crippen molar-refractivity contribution in [1.29, 1.82) is 0 Å². The van der Waals surface area contributed by atoms with Crippen molar-refractivity contribution in [3.8, 4) is 0 Å². The molecule has 0 amide bonds. The molecule has 106 valence electrons. The number of aromatic nitrogens is 2. The predicted octanol–water partition coefficient (Wildman–Crippen LogP) is 4.13. The van der Waals surface area contributed by atoms with Gasteiger partial charge < -0.3 is 4.74 Å². The maximum atomic E-state index is 6.15. The van der Waals surface area contributed by atoms with Crippen LogP contribution in [0.4, 0.5) is 0 Å². The number of hydrogen-bond donors (Lipinski definition) is 0. The van der Waals surface area contributed by atoms with E-state index < -0.39 is 0 Å². The number of hydrogen-bond acceptors (Lipinski definition) is 3. The molecule has 1 heterocycles. The minimum Gasteiger partial charge on any atom is -0.370 e. The third-order valence-electron chi connectivity index (χ3n) is 4.01. The molecule has 1 aromatic rings. The fraction of sp³-hybridized carbons (Fsp3) is 0.733. The topological polar surface area (TPSA) is 35.0 Å². The quantitative estimate of drug-likeness (QED) is 0.779. The van der Waals surface area contributed by atoms with Crippen LogP contribution in [0.2, 0.25) is 5.15 Å². The van der Waals surface area contributed by atoms with E-state index in [4.69, 9.17) is 21.3 Å². The lowest BCUT2D eigenvalue weighted by Gasteiger charge is -2.37. The number of ether oxygens (including phenoxy) is 1. The van der Waals surface area contributed by atoms with E-state index in [0.29, 0.717) is 11.1 Å². The van der Waals surface area contributed by atoms with Gasteiger partial charge in [-0.2, -0.15) is 0 Å². The molecule has 1 aliphatic rings. The summed E-state index contributed by atoms with van der Waals surface area (Å²) in [7, 11) is 1.77. The normalized spacial score (nSPS) is 27.5. The molecular formula is C15H23ClN2O. The molecule has 4 heteroatoms. The summed E-state index contributed by atoms with van der Waals surface area (Å²) in [5.41, 5.74) is 0.678. The molecule has 0 bridgehead atoms. The van der Waals surface area contributed by atoms with Gasteiger partial charge in [0.2, 0.25) is 0 Å². The molecule has 2 rings (SSSR count). The van der Waals surface area contributed by atoms with Crippen LogP contribution in [0.1, 0.15) is 57.5 Å². The molecule has 3 nitrogen and oxygen atoms in total. The van der Waals surface area contributed by atoms with Gasteiger partial charge in [-0.1, -0.05) is 38.3 Å². The molecule has 0 spiro atoms. The molecular weight excluding hydrogens is 260 g/mol. The minimum absolute atomic E-state index is 0.342. The fourth-order valence-electron chi connectivity index (χ4n) is 3.04. The molecule has 0 N–H and O–H groups in total. The van der Waals surface area contributed by atoms with Crippen LogP contribution < -0.4 is 0 Å². The van der Waals surface area contributed by atoms with Gasteiger partial charge in [0.05, 0.1) is 0 Å². The number of halogens is 1. The van der Waals surface area contributed by atoms with Crippen LogP contribution in [0.15, 0.2) is 6.07 Å². The van der Waals surface area contributed by atoms with E-state index in [1.165, 1.54) is 6.42 Å². The standard InChI is InChI=1S/C15H23ClN2O/c1-4-6-12-9-13(16)18-14(17-12)15(19-3)8-5-7-11(2)10-15/h9,11H,4-8,10H2,1-3H3. The monoisotopic (exact) mass is 282 g/mol. The molecule has 0 saturated heterocycles. The van der Waals surface area contributed by atoms with Gasteiger partial charge in [0.15, 0.2) is 5.82 Å². The zero-order valence-electron chi connectivity index (χ0n) is 12.1. The van der Waals surface area contributed by atoms with E-state index in [1.54, 1.807) is 7.11 Å². The molecule has 1 aliphatic carbocycles.